The van der Waals surface area contributed by atoms with Gasteiger partial charge in [0, 0.05) is 19.1 Å². The lowest BCUT2D eigenvalue weighted by atomic mass is 9.94. The van der Waals surface area contributed by atoms with E-state index in [1.165, 1.54) is 18.4 Å². The quantitative estimate of drug-likeness (QED) is 0.496. The van der Waals surface area contributed by atoms with Crippen LogP contribution in [-0.4, -0.2) is 36.2 Å². The molecule has 1 aliphatic heterocycles. The summed E-state index contributed by atoms with van der Waals surface area (Å²) >= 11 is 1.09. The maximum Gasteiger partial charge on any atom is 0.293 e. The Balaban J connectivity index is 1.62. The van der Waals surface area contributed by atoms with Gasteiger partial charge in [0.15, 0.2) is 34.5 Å². The van der Waals surface area contributed by atoms with Crippen molar-refractivity contribution in [3.05, 3.63) is 46.9 Å². The predicted octanol–water partition coefficient (Wildman–Crippen LogP) is 3.67. The van der Waals surface area contributed by atoms with Crippen LogP contribution in [0.4, 0.5) is 5.13 Å². The first-order chi connectivity index (χ1) is 13.7. The zero-order valence-corrected chi connectivity index (χ0v) is 15.5. The number of Topliss-reactive ketones (excluding diaryl/α,β-unsaturated/α-hetero) is 1. The Labute approximate surface area is 163 Å². The molecule has 0 radical (unpaired) electrons. The van der Waals surface area contributed by atoms with Gasteiger partial charge in [-0.25, -0.2) is 4.98 Å². The van der Waals surface area contributed by atoms with Crippen LogP contribution in [0.3, 0.4) is 0 Å². The van der Waals surface area contributed by atoms with Crippen molar-refractivity contribution in [3.8, 4) is 11.5 Å². The third-order valence-corrected chi connectivity index (χ3v) is 5.37. The molecular weight excluding hydrogens is 384 g/mol. The smallest absolute Gasteiger partial charge is 0.293 e. The molecule has 1 aliphatic rings. The third-order valence-electron chi connectivity index (χ3n) is 4.38. The van der Waals surface area contributed by atoms with Crippen molar-refractivity contribution in [2.75, 3.05) is 18.5 Å². The molecular formula is C19H16N2O6S. The van der Waals surface area contributed by atoms with E-state index in [4.69, 9.17) is 13.6 Å². The van der Waals surface area contributed by atoms with Crippen LogP contribution in [0.25, 0.3) is 11.5 Å². The summed E-state index contributed by atoms with van der Waals surface area (Å²) in [6.07, 6.45) is 3.31. The molecule has 28 heavy (non-hydrogen) atoms. The van der Waals surface area contributed by atoms with E-state index < -0.39 is 5.91 Å². The van der Waals surface area contributed by atoms with Gasteiger partial charge in [0.05, 0.1) is 6.26 Å². The molecule has 9 heteroatoms. The molecule has 1 amide bonds. The number of nitrogens with zero attached hydrogens (tertiary/aromatic N) is 1. The lowest BCUT2D eigenvalue weighted by Crippen LogP contribution is -2.23. The average molecular weight is 400 g/mol. The molecule has 3 aromatic rings. The molecule has 1 N–H and O–H groups in total. The first-order valence-electron chi connectivity index (χ1n) is 8.68. The van der Waals surface area contributed by atoms with Crippen molar-refractivity contribution in [1.82, 2.24) is 4.98 Å². The van der Waals surface area contributed by atoms with E-state index in [2.05, 4.69) is 10.3 Å². The minimum atomic E-state index is -0.557. The third kappa shape index (κ3) is 3.67. The monoisotopic (exact) mass is 400 g/mol. The lowest BCUT2D eigenvalue weighted by Gasteiger charge is -2.20. The first kappa shape index (κ1) is 18.3. The Morgan fingerprint density at radius 2 is 2.04 bits per heavy atom. The molecule has 0 unspecified atom stereocenters. The van der Waals surface area contributed by atoms with Gasteiger partial charge >= 0.3 is 0 Å². The number of hydrogen-bond acceptors (Lipinski definition) is 8. The van der Waals surface area contributed by atoms with Crippen molar-refractivity contribution in [2.45, 2.75) is 12.8 Å². The van der Waals surface area contributed by atoms with E-state index in [0.29, 0.717) is 48.7 Å². The molecule has 3 aromatic heterocycles. The summed E-state index contributed by atoms with van der Waals surface area (Å²) in [5.74, 6) is -0.253. The average Bonchev–Trinajstić information content (AvgIpc) is 3.47. The lowest BCUT2D eigenvalue weighted by molar-refractivity contribution is 0.0547. The molecule has 0 atom stereocenters. The van der Waals surface area contributed by atoms with Crippen LogP contribution in [0.5, 0.6) is 0 Å². The Bertz CT molecular complexity index is 998. The second-order valence-electron chi connectivity index (χ2n) is 6.20. The Hall–Kier alpha value is -3.04. The molecule has 1 saturated heterocycles. The summed E-state index contributed by atoms with van der Waals surface area (Å²) in [5.41, 5.74) is 0.398. The molecule has 0 spiro atoms. The van der Waals surface area contributed by atoms with Crippen molar-refractivity contribution in [1.29, 1.82) is 0 Å². The number of aromatic nitrogens is 1. The van der Waals surface area contributed by atoms with Gasteiger partial charge in [-0.3, -0.25) is 19.7 Å². The molecule has 144 valence electrons. The van der Waals surface area contributed by atoms with Crippen LogP contribution < -0.4 is 5.32 Å². The SMILES string of the molecule is O=Cc1ccc(C(=O)Nc2nc(-c3ccco3)c(C(=O)C3CCOCC3)s2)o1. The summed E-state index contributed by atoms with van der Waals surface area (Å²) in [6.45, 7) is 1.10. The Kier molecular flexibility index (Phi) is 5.18. The first-order valence-corrected chi connectivity index (χ1v) is 9.50. The summed E-state index contributed by atoms with van der Waals surface area (Å²) in [6, 6.07) is 6.22. The molecule has 8 nitrogen and oxygen atoms in total. The van der Waals surface area contributed by atoms with E-state index in [-0.39, 0.29) is 28.4 Å². The Morgan fingerprint density at radius 1 is 1.21 bits per heavy atom. The number of carbonyl (C=O) groups excluding carboxylic acids is 3. The molecule has 1 fully saturated rings. The van der Waals surface area contributed by atoms with Gasteiger partial charge in [0.25, 0.3) is 5.91 Å². The number of aldehydes is 1. The summed E-state index contributed by atoms with van der Waals surface area (Å²) in [7, 11) is 0. The fourth-order valence-electron chi connectivity index (χ4n) is 2.96. The molecule has 0 aliphatic carbocycles. The number of furan rings is 2. The fraction of sp³-hybridized carbons (Fsp3) is 0.263. The highest BCUT2D eigenvalue weighted by atomic mass is 32.1. The molecule has 0 saturated carbocycles. The van der Waals surface area contributed by atoms with Crippen LogP contribution in [0.1, 0.15) is 43.6 Å². The highest BCUT2D eigenvalue weighted by Crippen LogP contribution is 2.35. The number of anilines is 1. The van der Waals surface area contributed by atoms with Gasteiger partial charge < -0.3 is 13.6 Å². The summed E-state index contributed by atoms with van der Waals surface area (Å²) in [4.78, 5) is 40.9. The predicted molar refractivity (Wildman–Crippen MR) is 99.7 cm³/mol. The van der Waals surface area contributed by atoms with Crippen molar-refractivity contribution in [2.24, 2.45) is 5.92 Å². The van der Waals surface area contributed by atoms with Crippen molar-refractivity contribution >= 4 is 34.4 Å². The minimum absolute atomic E-state index is 0.0193. The summed E-state index contributed by atoms with van der Waals surface area (Å²) < 4.78 is 15.9. The maximum absolute atomic E-state index is 13.0. The molecule has 4 heterocycles. The largest absolute Gasteiger partial charge is 0.463 e. The second kappa shape index (κ2) is 7.91. The highest BCUT2D eigenvalue weighted by molar-refractivity contribution is 7.18. The van der Waals surface area contributed by atoms with Gasteiger partial charge in [0.1, 0.15) is 10.6 Å². The van der Waals surface area contributed by atoms with E-state index >= 15 is 0 Å². The Morgan fingerprint density at radius 3 is 2.71 bits per heavy atom. The molecule has 0 aromatic carbocycles. The van der Waals surface area contributed by atoms with E-state index in [1.54, 1.807) is 12.1 Å². The van der Waals surface area contributed by atoms with Crippen molar-refractivity contribution < 1.29 is 28.0 Å². The highest BCUT2D eigenvalue weighted by Gasteiger charge is 2.29. The molecule has 4 rings (SSSR count). The van der Waals surface area contributed by atoms with Crippen molar-refractivity contribution in [3.63, 3.8) is 0 Å². The van der Waals surface area contributed by atoms with E-state index in [9.17, 15) is 14.4 Å². The number of ketones is 1. The van der Waals surface area contributed by atoms with Crippen LogP contribution in [0.15, 0.2) is 39.4 Å². The number of thiazole rings is 1. The number of rotatable bonds is 6. The van der Waals surface area contributed by atoms with Gasteiger partial charge in [-0.2, -0.15) is 0 Å². The standard InChI is InChI=1S/C19H16N2O6S/c22-10-12-3-4-14(27-12)18(24)21-19-20-15(13-2-1-7-26-13)17(28-19)16(23)11-5-8-25-9-6-11/h1-4,7,10-11H,5-6,8-9H2,(H,20,21,24). The summed E-state index contributed by atoms with van der Waals surface area (Å²) in [5, 5.41) is 2.86. The normalized spacial score (nSPS) is 14.7. The van der Waals surface area contributed by atoms with Crippen LogP contribution in [0, 0.1) is 5.92 Å². The van der Waals surface area contributed by atoms with E-state index in [0.717, 1.165) is 11.3 Å². The van der Waals surface area contributed by atoms with Gasteiger partial charge in [0.2, 0.25) is 0 Å². The number of carbonyl (C=O) groups is 3. The number of amides is 1. The zero-order chi connectivity index (χ0) is 19.5. The maximum atomic E-state index is 13.0. The van der Waals surface area contributed by atoms with Crippen LogP contribution in [-0.2, 0) is 4.74 Å². The van der Waals surface area contributed by atoms with Gasteiger partial charge in [-0.1, -0.05) is 11.3 Å². The van der Waals surface area contributed by atoms with Crippen LogP contribution >= 0.6 is 11.3 Å². The number of ether oxygens (including phenoxy) is 1. The molecule has 0 bridgehead atoms. The topological polar surface area (TPSA) is 112 Å². The minimum Gasteiger partial charge on any atom is -0.463 e. The van der Waals surface area contributed by atoms with E-state index in [1.807, 2.05) is 0 Å². The fourth-order valence-corrected chi connectivity index (χ4v) is 3.95. The van der Waals surface area contributed by atoms with Gasteiger partial charge in [-0.05, 0) is 37.1 Å². The second-order valence-corrected chi connectivity index (χ2v) is 7.20. The van der Waals surface area contributed by atoms with Crippen LogP contribution in [0.2, 0.25) is 0 Å². The number of hydrogen-bond donors (Lipinski definition) is 1. The number of nitrogens with one attached hydrogen (secondary N) is 1. The zero-order valence-electron chi connectivity index (χ0n) is 14.7. The van der Waals surface area contributed by atoms with Gasteiger partial charge in [-0.15, -0.1) is 0 Å².